The Morgan fingerprint density at radius 2 is 0.980 bits per heavy atom. The molecule has 0 atom stereocenters. The van der Waals surface area contributed by atoms with Gasteiger partial charge in [-0.1, -0.05) is 213 Å². The molecule has 6 aromatic carbocycles. The molecule has 11 rings (SSSR count). The van der Waals surface area contributed by atoms with Crippen molar-refractivity contribution >= 4 is 38.6 Å². The average Bonchev–Trinajstić information content (AvgIpc) is 1.74. The van der Waals surface area contributed by atoms with E-state index in [0.717, 1.165) is 76.3 Å². The molecule has 2 N–H and O–H groups in total. The van der Waals surface area contributed by atoms with Crippen LogP contribution in [0, 0.1) is 67.2 Å². The van der Waals surface area contributed by atoms with Gasteiger partial charge in [0.15, 0.2) is 0 Å². The number of aromatic nitrogens is 2. The van der Waals surface area contributed by atoms with E-state index in [9.17, 15) is 8.78 Å². The number of methoxy groups -OCH3 is 2. The number of piperidine rings is 1. The molecule has 2 aliphatic heterocycles. The zero-order valence-corrected chi connectivity index (χ0v) is 67.5. The van der Waals surface area contributed by atoms with Crippen LogP contribution in [0.15, 0.2) is 170 Å². The first-order chi connectivity index (χ1) is 47.6. The highest BCUT2D eigenvalue weighted by Gasteiger charge is 2.32. The number of likely N-dealkylation sites (N-methyl/N-ethyl adjacent to an activating group) is 1. The second-order valence-corrected chi connectivity index (χ2v) is 28.2. The zero-order chi connectivity index (χ0) is 75.1. The van der Waals surface area contributed by atoms with Gasteiger partial charge in [0, 0.05) is 129 Å². The van der Waals surface area contributed by atoms with Gasteiger partial charge < -0.3 is 44.6 Å². The van der Waals surface area contributed by atoms with Crippen LogP contribution in [-0.4, -0.2) is 168 Å². The summed E-state index contributed by atoms with van der Waals surface area (Å²) in [6, 6.07) is 51.1. The predicted molar refractivity (Wildman–Crippen MR) is 438 cm³/mol. The second kappa shape index (κ2) is 57.9. The van der Waals surface area contributed by atoms with Crippen molar-refractivity contribution in [3.63, 3.8) is 0 Å². The largest absolute Gasteiger partial charge is 0.388 e. The number of benzene rings is 6. The smallest absolute Gasteiger partial charge is 0.250 e. The Kier molecular flexibility index (Phi) is 54.1. The topological polar surface area (TPSA) is 84.5 Å². The normalized spacial score (nSPS) is 13.6. The fourth-order valence-electron chi connectivity index (χ4n) is 9.24. The Morgan fingerprint density at radius 1 is 0.570 bits per heavy atom. The van der Waals surface area contributed by atoms with E-state index in [2.05, 4.69) is 284 Å². The number of anilines is 3. The zero-order valence-electron chi connectivity index (χ0n) is 66.7. The number of ether oxygens (including phenoxy) is 2. The predicted octanol–water partition coefficient (Wildman–Crippen LogP) is 20.3. The van der Waals surface area contributed by atoms with Crippen LogP contribution >= 0.6 is 11.3 Å². The van der Waals surface area contributed by atoms with Crippen LogP contribution in [0.5, 0.6) is 0 Å². The Bertz CT molecular complexity index is 2860. The van der Waals surface area contributed by atoms with E-state index in [1.807, 2.05) is 65.3 Å². The summed E-state index contributed by atoms with van der Waals surface area (Å²) in [5.74, 6) is 0.372. The molecule has 2 aromatic heterocycles. The summed E-state index contributed by atoms with van der Waals surface area (Å²) in [5, 5.41) is 9.31. The summed E-state index contributed by atoms with van der Waals surface area (Å²) in [7, 11) is 23.3. The van der Waals surface area contributed by atoms with Crippen LogP contribution in [0.3, 0.4) is 0 Å². The van der Waals surface area contributed by atoms with Crippen LogP contribution < -0.4 is 20.4 Å². The van der Waals surface area contributed by atoms with Crippen LogP contribution in [-0.2, 0) is 15.9 Å². The molecule has 8 aromatic rings. The lowest BCUT2D eigenvalue weighted by molar-refractivity contribution is -0.0504. The summed E-state index contributed by atoms with van der Waals surface area (Å²) in [6.07, 6.45) is 16.2. The lowest BCUT2D eigenvalue weighted by Gasteiger charge is -2.32. The van der Waals surface area contributed by atoms with Crippen molar-refractivity contribution in [3.05, 3.63) is 220 Å². The average molecular weight is 1400 g/mol. The van der Waals surface area contributed by atoms with Crippen LogP contribution in [0.2, 0.25) is 0 Å². The van der Waals surface area contributed by atoms with E-state index in [1.165, 1.54) is 104 Å². The number of hydrogen-bond donors (Lipinski definition) is 2. The molecule has 11 nitrogen and oxygen atoms in total. The third-order valence-electron chi connectivity index (χ3n) is 16.1. The van der Waals surface area contributed by atoms with E-state index in [4.69, 9.17) is 9.47 Å². The minimum atomic E-state index is -2.38. The highest BCUT2D eigenvalue weighted by Crippen LogP contribution is 2.27. The summed E-state index contributed by atoms with van der Waals surface area (Å²) in [4.78, 5) is 19.0. The van der Waals surface area contributed by atoms with Crippen molar-refractivity contribution in [2.45, 2.75) is 146 Å². The maximum absolute atomic E-state index is 12.4. The first-order valence-corrected chi connectivity index (χ1v) is 37.0. The van der Waals surface area contributed by atoms with Crippen LogP contribution in [0.1, 0.15) is 129 Å². The summed E-state index contributed by atoms with van der Waals surface area (Å²) in [6.45, 7) is 30.6. The lowest BCUT2D eigenvalue weighted by Crippen LogP contribution is -2.44. The van der Waals surface area contributed by atoms with Crippen molar-refractivity contribution < 1.29 is 18.3 Å². The van der Waals surface area contributed by atoms with Gasteiger partial charge in [-0.15, -0.1) is 11.3 Å². The fourth-order valence-corrected chi connectivity index (χ4v) is 10.1. The number of thiophene rings is 1. The van der Waals surface area contributed by atoms with Crippen molar-refractivity contribution in [3.8, 4) is 0 Å². The van der Waals surface area contributed by atoms with Crippen molar-refractivity contribution in [1.29, 1.82) is 0 Å². The number of fused-ring (bicyclic) bond motifs is 1. The Labute approximate surface area is 613 Å². The number of nitrogens with one attached hydrogen (secondary N) is 2. The fraction of sp³-hybridized carbons (Fsp3) is 0.512. The number of nitrogens with zero attached hydrogens (tertiary/aromatic N) is 7. The standard InChI is InChI=1S/C10H15N.C9H14N4.C9H9NS.C8H18O2.4C8H10.C7H14.C6H11F2N.C3H9N.C2H7N/c1-4-9-6-5-7-10(8-9)11(2)3;1-12-4-6-13(7-5-12)9-8-10-2-3-11-9;1-10-8-3-2-7-4-5-11-9(7)6-8;1-8(4-6-9-2)5-7-10-3;4*1-7-3-5-8(2)6-4-7;1-7-5-3-2-4-6-7;1-9-4-2-6(7,8)3-5-9;1-4(2)3;1-3-2/h5-8H,4H2,1-3H3;2-3,8H,4-7H2,1H3;2-6,10H,1H3;8H,4-7H2,1-3H3;4*3-6H,1-2H3;7H,2-6H2,1H3;2-5H2,1H3;1-3H3;3H,1-2H3. The SMILES string of the molecule is CC1CCCCC1.CCc1cccc(N(C)C)c1.CN(C)C.CN1CCC(F)(F)CC1.CN1CCN(c2cnccn2)CC1.CNC.CNc1ccc2ccsc2c1.COCCC(C)CCOC.Cc1ccc(C)cc1.Cc1ccc(C)cc1.Cc1ccc(C)cc1.Cc1ccc(C)cc1. The van der Waals surface area contributed by atoms with Gasteiger partial charge in [0.25, 0.3) is 5.92 Å². The molecule has 3 fully saturated rings. The highest BCUT2D eigenvalue weighted by molar-refractivity contribution is 7.17. The van der Waals surface area contributed by atoms with E-state index in [1.54, 1.807) is 38.0 Å². The molecule has 0 bridgehead atoms. The van der Waals surface area contributed by atoms with Crippen LogP contribution in [0.4, 0.5) is 26.0 Å². The molecule has 0 unspecified atom stereocenters. The molecule has 558 valence electrons. The molecule has 4 heterocycles. The van der Waals surface area contributed by atoms with Crippen molar-refractivity contribution in [1.82, 2.24) is 30.0 Å². The van der Waals surface area contributed by atoms with Gasteiger partial charge in [-0.2, -0.15) is 0 Å². The maximum Gasteiger partial charge on any atom is 0.250 e. The van der Waals surface area contributed by atoms with E-state index in [0.29, 0.717) is 13.1 Å². The van der Waals surface area contributed by atoms with Gasteiger partial charge in [-0.25, -0.2) is 13.8 Å². The van der Waals surface area contributed by atoms with E-state index < -0.39 is 5.92 Å². The number of aryl methyl sites for hydroxylation is 9. The van der Waals surface area contributed by atoms with E-state index in [-0.39, 0.29) is 12.8 Å². The van der Waals surface area contributed by atoms with Gasteiger partial charge in [-0.3, -0.25) is 4.98 Å². The molecule has 0 radical (unpaired) electrons. The Morgan fingerprint density at radius 3 is 1.31 bits per heavy atom. The van der Waals surface area contributed by atoms with Crippen molar-refractivity contribution in [2.24, 2.45) is 11.8 Å². The number of hydrogen-bond acceptors (Lipinski definition) is 12. The molecule has 0 spiro atoms. The molecule has 2 saturated heterocycles. The van der Waals surface area contributed by atoms with Gasteiger partial charge in [-0.05, 0) is 182 Å². The maximum atomic E-state index is 12.4. The number of rotatable bonds is 10. The number of halogens is 2. The van der Waals surface area contributed by atoms with Crippen LogP contribution in [0.25, 0.3) is 10.1 Å². The third-order valence-corrected chi connectivity index (χ3v) is 17.0. The third kappa shape index (κ3) is 51.5. The van der Waals surface area contributed by atoms with E-state index >= 15 is 0 Å². The molecule has 0 amide bonds. The molecule has 14 heteroatoms. The molecule has 1 aliphatic carbocycles. The summed E-state index contributed by atoms with van der Waals surface area (Å²) >= 11 is 1.78. The number of piperazine rings is 1. The highest BCUT2D eigenvalue weighted by atomic mass is 32.1. The van der Waals surface area contributed by atoms with Gasteiger partial charge in [0.1, 0.15) is 5.82 Å². The quantitative estimate of drug-likeness (QED) is 0.137. The monoisotopic (exact) mass is 1400 g/mol. The summed E-state index contributed by atoms with van der Waals surface area (Å²) in [5.41, 5.74) is 14.5. The van der Waals surface area contributed by atoms with Crippen molar-refractivity contribution in [2.75, 3.05) is 152 Å². The number of alkyl halides is 2. The molecule has 3 aliphatic rings. The lowest BCUT2D eigenvalue weighted by atomic mass is 9.91. The molecular formula is C86H137F2N9O2S. The second-order valence-electron chi connectivity index (χ2n) is 27.2. The summed E-state index contributed by atoms with van der Waals surface area (Å²) < 4.78 is 35.9. The van der Waals surface area contributed by atoms with Gasteiger partial charge >= 0.3 is 0 Å². The minimum Gasteiger partial charge on any atom is -0.388 e. The molecular weight excluding hydrogens is 1260 g/mol. The first kappa shape index (κ1) is 93.4. The molecule has 100 heavy (non-hydrogen) atoms. The Balaban J connectivity index is 0.00000108. The minimum absolute atomic E-state index is 0.0312. The van der Waals surface area contributed by atoms with Gasteiger partial charge in [0.2, 0.25) is 0 Å². The first-order valence-electron chi connectivity index (χ1n) is 36.1. The number of likely N-dealkylation sites (tertiary alicyclic amines) is 1. The Hall–Kier alpha value is -6.62. The molecule has 1 saturated carbocycles. The van der Waals surface area contributed by atoms with Gasteiger partial charge in [0.05, 0.1) is 6.20 Å².